The number of amides is 1. The zero-order valence-electron chi connectivity index (χ0n) is 12.8. The lowest BCUT2D eigenvalue weighted by atomic mass is 10.1. The highest BCUT2D eigenvalue weighted by Crippen LogP contribution is 2.13. The fraction of sp³-hybridized carbons (Fsp3) is 0.562. The van der Waals surface area contributed by atoms with Crippen LogP contribution in [0.2, 0.25) is 0 Å². The van der Waals surface area contributed by atoms with E-state index in [0.29, 0.717) is 6.54 Å². The van der Waals surface area contributed by atoms with Gasteiger partial charge >= 0.3 is 0 Å². The Kier molecular flexibility index (Phi) is 5.31. The van der Waals surface area contributed by atoms with Crippen molar-refractivity contribution in [3.05, 3.63) is 35.6 Å². The number of nitrogens with one attached hydrogen (secondary N) is 1. The van der Waals surface area contributed by atoms with Crippen molar-refractivity contribution in [2.45, 2.75) is 45.6 Å². The van der Waals surface area contributed by atoms with E-state index < -0.39 is 0 Å². The maximum Gasteiger partial charge on any atom is 0.237 e. The van der Waals surface area contributed by atoms with Crippen LogP contribution in [-0.4, -0.2) is 42.1 Å². The van der Waals surface area contributed by atoms with Gasteiger partial charge in [-0.2, -0.15) is 0 Å². The van der Waals surface area contributed by atoms with Crippen LogP contribution in [0.1, 0.15) is 26.3 Å². The molecule has 5 heteroatoms. The normalized spacial score (nSPS) is 24.6. The summed E-state index contributed by atoms with van der Waals surface area (Å²) in [4.78, 5) is 14.4. The SMILES string of the molecule is C[C@@H]1CN([C@@H](C)C(=O)NCc2ccc(F)cc2)C[C@H](C)O1. The molecule has 4 nitrogen and oxygen atoms in total. The standard InChI is InChI=1S/C16H23FN2O2/c1-11-9-19(10-12(2)21-11)13(3)16(20)18-8-14-4-6-15(17)7-5-14/h4-7,11-13H,8-10H2,1-3H3,(H,18,20)/t11-,12+,13-/m0/s1. The summed E-state index contributed by atoms with van der Waals surface area (Å²) < 4.78 is 18.5. The number of nitrogens with zero attached hydrogens (tertiary/aromatic N) is 1. The second kappa shape index (κ2) is 7.00. The van der Waals surface area contributed by atoms with Crippen LogP contribution in [0.4, 0.5) is 4.39 Å². The molecule has 1 aromatic rings. The Bertz CT molecular complexity index is 468. The Labute approximate surface area is 125 Å². The Hall–Kier alpha value is -1.46. The fourth-order valence-electron chi connectivity index (χ4n) is 2.64. The molecule has 0 unspecified atom stereocenters. The van der Waals surface area contributed by atoms with Crippen molar-refractivity contribution in [3.8, 4) is 0 Å². The lowest BCUT2D eigenvalue weighted by Gasteiger charge is -2.38. The first kappa shape index (κ1) is 15.9. The van der Waals surface area contributed by atoms with Crippen LogP contribution < -0.4 is 5.32 Å². The predicted molar refractivity (Wildman–Crippen MR) is 79.3 cm³/mol. The van der Waals surface area contributed by atoms with Crippen molar-refractivity contribution < 1.29 is 13.9 Å². The molecule has 0 spiro atoms. The maximum atomic E-state index is 12.8. The van der Waals surface area contributed by atoms with Crippen LogP contribution in [0.15, 0.2) is 24.3 Å². The number of halogens is 1. The summed E-state index contributed by atoms with van der Waals surface area (Å²) in [5, 5.41) is 2.90. The Balaban J connectivity index is 1.86. The van der Waals surface area contributed by atoms with Crippen molar-refractivity contribution in [2.24, 2.45) is 0 Å². The van der Waals surface area contributed by atoms with Gasteiger partial charge in [0.1, 0.15) is 5.82 Å². The minimum Gasteiger partial charge on any atom is -0.373 e. The van der Waals surface area contributed by atoms with E-state index in [1.807, 2.05) is 20.8 Å². The molecule has 21 heavy (non-hydrogen) atoms. The van der Waals surface area contributed by atoms with Gasteiger partial charge in [0.25, 0.3) is 0 Å². The van der Waals surface area contributed by atoms with Gasteiger partial charge in [0.05, 0.1) is 18.2 Å². The van der Waals surface area contributed by atoms with Crippen LogP contribution in [0, 0.1) is 5.82 Å². The monoisotopic (exact) mass is 294 g/mol. The number of ether oxygens (including phenoxy) is 1. The van der Waals surface area contributed by atoms with E-state index in [2.05, 4.69) is 10.2 Å². The van der Waals surface area contributed by atoms with E-state index in [0.717, 1.165) is 18.7 Å². The summed E-state index contributed by atoms with van der Waals surface area (Å²) in [6.07, 6.45) is 0.280. The molecule has 0 radical (unpaired) electrons. The van der Waals surface area contributed by atoms with Gasteiger partial charge < -0.3 is 10.1 Å². The number of hydrogen-bond donors (Lipinski definition) is 1. The summed E-state index contributed by atoms with van der Waals surface area (Å²) >= 11 is 0. The van der Waals surface area contributed by atoms with Gasteiger partial charge in [-0.05, 0) is 38.5 Å². The highest BCUT2D eigenvalue weighted by atomic mass is 19.1. The average molecular weight is 294 g/mol. The first-order chi connectivity index (χ1) is 9.95. The number of hydrogen-bond acceptors (Lipinski definition) is 3. The third-order valence-corrected chi connectivity index (χ3v) is 3.76. The maximum absolute atomic E-state index is 12.8. The van der Waals surface area contributed by atoms with Crippen molar-refractivity contribution in [1.29, 1.82) is 0 Å². The smallest absolute Gasteiger partial charge is 0.237 e. The topological polar surface area (TPSA) is 41.6 Å². The van der Waals surface area contributed by atoms with E-state index in [1.165, 1.54) is 12.1 Å². The molecule has 1 aliphatic heterocycles. The lowest BCUT2D eigenvalue weighted by molar-refractivity contribution is -0.131. The molecular formula is C16H23FN2O2. The summed E-state index contributed by atoms with van der Waals surface area (Å²) in [5.41, 5.74) is 0.890. The molecule has 1 fully saturated rings. The van der Waals surface area contributed by atoms with E-state index >= 15 is 0 Å². The zero-order valence-corrected chi connectivity index (χ0v) is 12.8. The van der Waals surface area contributed by atoms with Crippen LogP contribution in [0.25, 0.3) is 0 Å². The second-order valence-electron chi connectivity index (χ2n) is 5.73. The van der Waals surface area contributed by atoms with Crippen molar-refractivity contribution in [3.63, 3.8) is 0 Å². The molecule has 116 valence electrons. The van der Waals surface area contributed by atoms with E-state index in [-0.39, 0.29) is 30.0 Å². The summed E-state index contributed by atoms with van der Waals surface area (Å²) in [6.45, 7) is 7.88. The van der Waals surface area contributed by atoms with Gasteiger partial charge in [-0.25, -0.2) is 4.39 Å². The first-order valence-electron chi connectivity index (χ1n) is 7.37. The molecule has 1 heterocycles. The quantitative estimate of drug-likeness (QED) is 0.923. The minimum atomic E-state index is -0.269. The van der Waals surface area contributed by atoms with Gasteiger partial charge in [0, 0.05) is 19.6 Å². The number of benzene rings is 1. The van der Waals surface area contributed by atoms with Crippen LogP contribution in [-0.2, 0) is 16.1 Å². The Morgan fingerprint density at radius 2 is 1.90 bits per heavy atom. The summed E-state index contributed by atoms with van der Waals surface area (Å²) in [6, 6.07) is 5.96. The van der Waals surface area contributed by atoms with Crippen LogP contribution in [0.5, 0.6) is 0 Å². The highest BCUT2D eigenvalue weighted by Gasteiger charge is 2.28. The molecule has 1 amide bonds. The van der Waals surface area contributed by atoms with Crippen molar-refractivity contribution in [2.75, 3.05) is 13.1 Å². The molecule has 0 aromatic heterocycles. The number of carbonyl (C=O) groups excluding carboxylic acids is 1. The molecule has 1 aliphatic rings. The summed E-state index contributed by atoms with van der Waals surface area (Å²) in [5.74, 6) is -0.282. The second-order valence-corrected chi connectivity index (χ2v) is 5.73. The van der Waals surface area contributed by atoms with E-state index in [9.17, 15) is 9.18 Å². The lowest BCUT2D eigenvalue weighted by Crippen LogP contribution is -2.53. The van der Waals surface area contributed by atoms with Gasteiger partial charge in [-0.15, -0.1) is 0 Å². The van der Waals surface area contributed by atoms with Crippen LogP contribution >= 0.6 is 0 Å². The van der Waals surface area contributed by atoms with Gasteiger partial charge in [-0.1, -0.05) is 12.1 Å². The van der Waals surface area contributed by atoms with E-state index in [1.54, 1.807) is 12.1 Å². The third kappa shape index (κ3) is 4.51. The minimum absolute atomic E-state index is 0.0133. The number of carbonyl (C=O) groups is 1. The molecule has 0 bridgehead atoms. The zero-order chi connectivity index (χ0) is 15.4. The summed E-state index contributed by atoms with van der Waals surface area (Å²) in [7, 11) is 0. The molecular weight excluding hydrogens is 271 g/mol. The highest BCUT2D eigenvalue weighted by molar-refractivity contribution is 5.81. The average Bonchev–Trinajstić information content (AvgIpc) is 2.44. The molecule has 0 aliphatic carbocycles. The third-order valence-electron chi connectivity index (χ3n) is 3.76. The van der Waals surface area contributed by atoms with Crippen molar-refractivity contribution in [1.82, 2.24) is 10.2 Å². The Morgan fingerprint density at radius 1 is 1.33 bits per heavy atom. The fourth-order valence-corrected chi connectivity index (χ4v) is 2.64. The first-order valence-corrected chi connectivity index (χ1v) is 7.37. The number of rotatable bonds is 4. The largest absolute Gasteiger partial charge is 0.373 e. The molecule has 1 aromatic carbocycles. The molecule has 0 saturated carbocycles. The van der Waals surface area contributed by atoms with Gasteiger partial charge in [0.15, 0.2) is 0 Å². The molecule has 1 N–H and O–H groups in total. The van der Waals surface area contributed by atoms with Gasteiger partial charge in [0.2, 0.25) is 5.91 Å². The Morgan fingerprint density at radius 3 is 2.48 bits per heavy atom. The molecule has 2 rings (SSSR count). The van der Waals surface area contributed by atoms with Crippen LogP contribution in [0.3, 0.4) is 0 Å². The number of morpholine rings is 1. The molecule has 3 atom stereocenters. The van der Waals surface area contributed by atoms with E-state index in [4.69, 9.17) is 4.74 Å². The molecule has 1 saturated heterocycles. The van der Waals surface area contributed by atoms with Gasteiger partial charge in [-0.3, -0.25) is 9.69 Å². The van der Waals surface area contributed by atoms with Crippen molar-refractivity contribution >= 4 is 5.91 Å². The predicted octanol–water partition coefficient (Wildman–Crippen LogP) is 1.94.